The highest BCUT2D eigenvalue weighted by Gasteiger charge is 2.09. The van der Waals surface area contributed by atoms with E-state index in [1.807, 2.05) is 11.0 Å². The van der Waals surface area contributed by atoms with Crippen molar-refractivity contribution in [1.82, 2.24) is 19.9 Å². The van der Waals surface area contributed by atoms with Crippen LogP contribution in [0.2, 0.25) is 0 Å². The van der Waals surface area contributed by atoms with E-state index in [-0.39, 0.29) is 0 Å². The fraction of sp³-hybridized carbons (Fsp3) is 0.758. The van der Waals surface area contributed by atoms with Crippen molar-refractivity contribution >= 4 is 0 Å². The molecule has 0 N–H and O–H groups in total. The van der Waals surface area contributed by atoms with Gasteiger partial charge in [0, 0.05) is 5.56 Å². The number of unbranched alkanes of at least 4 members (excludes halogenated alkanes) is 18. The summed E-state index contributed by atoms with van der Waals surface area (Å²) < 4.78 is 0. The van der Waals surface area contributed by atoms with Crippen LogP contribution in [0.3, 0.4) is 0 Å². The Hall–Kier alpha value is -1.68. The van der Waals surface area contributed by atoms with Gasteiger partial charge in [-0.3, -0.25) is 4.90 Å². The third kappa shape index (κ3) is 16.0. The Morgan fingerprint density at radius 2 is 1.00 bits per heavy atom. The summed E-state index contributed by atoms with van der Waals surface area (Å²) in [5.41, 5.74) is 2.11. The first-order chi connectivity index (χ1) is 18.3. The largest absolute Gasteiger partial charge is 0.283 e. The number of hydrogen-bond donors (Lipinski definition) is 0. The van der Waals surface area contributed by atoms with E-state index in [1.165, 1.54) is 128 Å². The predicted molar refractivity (Wildman–Crippen MR) is 161 cm³/mol. The predicted octanol–water partition coefficient (Wildman–Crippen LogP) is 10.0. The van der Waals surface area contributed by atoms with Crippen LogP contribution in [0.4, 0.5) is 0 Å². The molecule has 2 aromatic rings. The molecule has 1 aromatic heterocycles. The highest BCUT2D eigenvalue weighted by atomic mass is 15.5. The van der Waals surface area contributed by atoms with Crippen LogP contribution in [-0.4, -0.2) is 33.0 Å². The van der Waals surface area contributed by atoms with Crippen LogP contribution >= 0.6 is 0 Å². The van der Waals surface area contributed by atoms with Crippen molar-refractivity contribution in [3.05, 3.63) is 36.5 Å². The lowest BCUT2D eigenvalue weighted by Crippen LogP contribution is -2.29. The van der Waals surface area contributed by atoms with Crippen molar-refractivity contribution in [3.8, 4) is 11.3 Å². The highest BCUT2D eigenvalue weighted by molar-refractivity contribution is 5.56. The van der Waals surface area contributed by atoms with E-state index >= 15 is 0 Å². The smallest absolute Gasteiger partial charge is 0.113 e. The van der Waals surface area contributed by atoms with E-state index in [9.17, 15) is 0 Å². The topological polar surface area (TPSA) is 34.0 Å². The summed E-state index contributed by atoms with van der Waals surface area (Å²) in [5, 5.41) is 9.38. The van der Waals surface area contributed by atoms with Crippen molar-refractivity contribution in [2.45, 2.75) is 149 Å². The molecule has 0 saturated carbocycles. The number of rotatable bonds is 25. The van der Waals surface area contributed by atoms with Gasteiger partial charge in [0.05, 0.1) is 6.20 Å². The van der Waals surface area contributed by atoms with Gasteiger partial charge in [0.25, 0.3) is 0 Å². The Balaban J connectivity index is 1.67. The maximum absolute atomic E-state index is 4.78. The maximum atomic E-state index is 4.78. The third-order valence-electron chi connectivity index (χ3n) is 7.59. The average Bonchev–Trinajstić information content (AvgIpc) is 3.39. The standard InChI is InChI=1S/C33H58N4/c1-3-5-7-9-11-13-15-17-19-24-28-36(29-25-20-18-16-14-12-10-8-6-4-2)31-37-34-30-33(35-37)32-26-22-21-23-27-32/h21-23,26-27,30H,3-20,24-25,28-29,31H2,1-2H3. The zero-order valence-corrected chi connectivity index (χ0v) is 24.5. The van der Waals surface area contributed by atoms with Gasteiger partial charge in [-0.1, -0.05) is 160 Å². The molecular weight excluding hydrogens is 452 g/mol. The Morgan fingerprint density at radius 3 is 1.46 bits per heavy atom. The molecule has 4 nitrogen and oxygen atoms in total. The molecule has 37 heavy (non-hydrogen) atoms. The summed E-state index contributed by atoms with van der Waals surface area (Å²) >= 11 is 0. The Labute approximate surface area is 229 Å². The molecule has 0 amide bonds. The monoisotopic (exact) mass is 510 g/mol. The van der Waals surface area contributed by atoms with Crippen molar-refractivity contribution in [3.63, 3.8) is 0 Å². The van der Waals surface area contributed by atoms with Crippen LogP contribution in [0.5, 0.6) is 0 Å². The maximum Gasteiger partial charge on any atom is 0.113 e. The molecule has 1 heterocycles. The third-order valence-corrected chi connectivity index (χ3v) is 7.59. The summed E-state index contributed by atoms with van der Waals surface area (Å²) in [7, 11) is 0. The number of benzene rings is 1. The lowest BCUT2D eigenvalue weighted by Gasteiger charge is -2.21. The summed E-state index contributed by atoms with van der Waals surface area (Å²) in [6.07, 6.45) is 29.7. The first-order valence-corrected chi connectivity index (χ1v) is 16.0. The summed E-state index contributed by atoms with van der Waals surface area (Å²) in [4.78, 5) is 4.49. The van der Waals surface area contributed by atoms with Crippen LogP contribution in [0.1, 0.15) is 142 Å². The molecule has 4 heteroatoms. The van der Waals surface area contributed by atoms with E-state index < -0.39 is 0 Å². The first-order valence-electron chi connectivity index (χ1n) is 16.0. The van der Waals surface area contributed by atoms with Crippen LogP contribution < -0.4 is 0 Å². The van der Waals surface area contributed by atoms with Crippen LogP contribution in [0.15, 0.2) is 36.5 Å². The zero-order chi connectivity index (χ0) is 26.2. The van der Waals surface area contributed by atoms with Crippen molar-refractivity contribution in [1.29, 1.82) is 0 Å². The molecule has 0 aliphatic carbocycles. The Kier molecular flexibility index (Phi) is 19.0. The van der Waals surface area contributed by atoms with E-state index in [0.29, 0.717) is 0 Å². The van der Waals surface area contributed by atoms with Gasteiger partial charge < -0.3 is 0 Å². The molecule has 0 saturated heterocycles. The molecule has 0 atom stereocenters. The number of aromatic nitrogens is 3. The van der Waals surface area contributed by atoms with E-state index in [0.717, 1.165) is 31.0 Å². The van der Waals surface area contributed by atoms with Crippen LogP contribution in [0, 0.1) is 0 Å². The summed E-state index contributed by atoms with van der Waals surface area (Å²) in [5.74, 6) is 0. The molecule has 0 fully saturated rings. The van der Waals surface area contributed by atoms with Gasteiger partial charge in [0.2, 0.25) is 0 Å². The molecular formula is C33H58N4. The van der Waals surface area contributed by atoms with Crippen molar-refractivity contribution < 1.29 is 0 Å². The van der Waals surface area contributed by atoms with E-state index in [4.69, 9.17) is 5.10 Å². The molecule has 1 aromatic carbocycles. The van der Waals surface area contributed by atoms with Gasteiger partial charge in [-0.25, -0.2) is 0 Å². The van der Waals surface area contributed by atoms with E-state index in [1.54, 1.807) is 0 Å². The van der Waals surface area contributed by atoms with Gasteiger partial charge in [-0.15, -0.1) is 0 Å². The summed E-state index contributed by atoms with van der Waals surface area (Å²) in [6, 6.07) is 10.4. The second-order valence-corrected chi connectivity index (χ2v) is 11.1. The Bertz CT molecular complexity index is 718. The van der Waals surface area contributed by atoms with Crippen molar-refractivity contribution in [2.24, 2.45) is 0 Å². The normalized spacial score (nSPS) is 11.5. The zero-order valence-electron chi connectivity index (χ0n) is 24.5. The lowest BCUT2D eigenvalue weighted by atomic mass is 10.1. The SMILES string of the molecule is CCCCCCCCCCCCN(CCCCCCCCCCCC)Cn1ncc(-c2ccccc2)n1. The van der Waals surface area contributed by atoms with Crippen LogP contribution in [0.25, 0.3) is 11.3 Å². The Morgan fingerprint density at radius 1 is 0.568 bits per heavy atom. The molecule has 0 bridgehead atoms. The molecule has 210 valence electrons. The van der Waals surface area contributed by atoms with Gasteiger partial charge in [0.1, 0.15) is 12.4 Å². The second-order valence-electron chi connectivity index (χ2n) is 11.1. The molecule has 0 spiro atoms. The fourth-order valence-electron chi connectivity index (χ4n) is 5.18. The molecule has 2 rings (SSSR count). The first kappa shape index (κ1) is 31.5. The van der Waals surface area contributed by atoms with Gasteiger partial charge >= 0.3 is 0 Å². The van der Waals surface area contributed by atoms with Crippen LogP contribution in [-0.2, 0) is 6.67 Å². The van der Waals surface area contributed by atoms with Gasteiger partial charge in [-0.2, -0.15) is 15.0 Å². The minimum atomic E-state index is 0.807. The average molecular weight is 511 g/mol. The minimum absolute atomic E-state index is 0.807. The van der Waals surface area contributed by atoms with Crippen molar-refractivity contribution in [2.75, 3.05) is 13.1 Å². The summed E-state index contributed by atoms with van der Waals surface area (Å²) in [6.45, 7) is 7.72. The minimum Gasteiger partial charge on any atom is -0.283 e. The quantitative estimate of drug-likeness (QED) is 0.125. The second kappa shape index (κ2) is 22.3. The van der Waals surface area contributed by atoms with E-state index in [2.05, 4.69) is 54.2 Å². The van der Waals surface area contributed by atoms with Gasteiger partial charge in [0.15, 0.2) is 0 Å². The number of hydrogen-bond acceptors (Lipinski definition) is 3. The van der Waals surface area contributed by atoms with Gasteiger partial charge in [-0.05, 0) is 25.9 Å². The molecule has 0 unspecified atom stereocenters. The molecule has 0 aliphatic heterocycles. The number of nitrogens with zero attached hydrogens (tertiary/aromatic N) is 4. The fourth-order valence-corrected chi connectivity index (χ4v) is 5.18. The molecule has 0 radical (unpaired) electrons. The highest BCUT2D eigenvalue weighted by Crippen LogP contribution is 2.16. The molecule has 0 aliphatic rings. The lowest BCUT2D eigenvalue weighted by molar-refractivity contribution is 0.186.